The molecule has 0 N–H and O–H groups in total. The molecule has 0 radical (unpaired) electrons. The summed E-state index contributed by atoms with van der Waals surface area (Å²) in [5.74, 6) is 1.37. The molecule has 0 aliphatic heterocycles. The zero-order valence-electron chi connectivity index (χ0n) is 15.1. The highest BCUT2D eigenvalue weighted by molar-refractivity contribution is 6.13. The molecule has 1 aromatic carbocycles. The minimum absolute atomic E-state index is 0.331. The highest BCUT2D eigenvalue weighted by Crippen LogP contribution is 2.35. The lowest BCUT2D eigenvalue weighted by molar-refractivity contribution is 0.156. The standard InChI is InChI=1S/C20H24N4O/c1-4-25-22-20-15(13-24-12-11-21-14(24)2)9-10-18-19(20)16-7-5-6-8-17(16)23(18)3/h5-8,11-12,15H,4,9-10,13H2,1-3H3/b22-20+. The third-order valence-electron chi connectivity index (χ3n) is 5.23. The third kappa shape index (κ3) is 2.64. The Labute approximate surface area is 147 Å². The number of hydrogen-bond donors (Lipinski definition) is 0. The van der Waals surface area contributed by atoms with Crippen molar-refractivity contribution in [1.82, 2.24) is 14.1 Å². The van der Waals surface area contributed by atoms with Crippen LogP contribution in [-0.4, -0.2) is 26.4 Å². The summed E-state index contributed by atoms with van der Waals surface area (Å²) < 4.78 is 4.52. The fraction of sp³-hybridized carbons (Fsp3) is 0.400. The molecular weight excluding hydrogens is 312 g/mol. The van der Waals surface area contributed by atoms with Crippen molar-refractivity contribution in [1.29, 1.82) is 0 Å². The van der Waals surface area contributed by atoms with Gasteiger partial charge in [0.15, 0.2) is 0 Å². The van der Waals surface area contributed by atoms with E-state index < -0.39 is 0 Å². The van der Waals surface area contributed by atoms with Gasteiger partial charge in [0, 0.05) is 54.1 Å². The molecule has 0 bridgehead atoms. The number of rotatable bonds is 4. The molecule has 1 atom stereocenters. The monoisotopic (exact) mass is 336 g/mol. The van der Waals surface area contributed by atoms with Gasteiger partial charge in [0.25, 0.3) is 0 Å². The Hall–Kier alpha value is -2.56. The Morgan fingerprint density at radius 3 is 2.92 bits per heavy atom. The van der Waals surface area contributed by atoms with Gasteiger partial charge in [0.05, 0.1) is 5.71 Å². The average Bonchev–Trinajstić information content (AvgIpc) is 3.16. The van der Waals surface area contributed by atoms with Crippen molar-refractivity contribution in [3.05, 3.63) is 53.7 Å². The molecule has 5 heteroatoms. The van der Waals surface area contributed by atoms with Crippen LogP contribution in [0.25, 0.3) is 10.9 Å². The largest absolute Gasteiger partial charge is 0.396 e. The molecule has 25 heavy (non-hydrogen) atoms. The van der Waals surface area contributed by atoms with Crippen LogP contribution in [0.2, 0.25) is 0 Å². The van der Waals surface area contributed by atoms with Gasteiger partial charge >= 0.3 is 0 Å². The molecule has 4 rings (SSSR count). The van der Waals surface area contributed by atoms with Crippen LogP contribution in [0.4, 0.5) is 0 Å². The Bertz CT molecular complexity index is 934. The maximum absolute atomic E-state index is 5.52. The fourth-order valence-corrected chi connectivity index (χ4v) is 3.94. The summed E-state index contributed by atoms with van der Waals surface area (Å²) in [5.41, 5.74) is 4.96. The maximum Gasteiger partial charge on any atom is 0.114 e. The summed E-state index contributed by atoms with van der Waals surface area (Å²) in [4.78, 5) is 9.88. The smallest absolute Gasteiger partial charge is 0.114 e. The molecule has 0 spiro atoms. The number of para-hydroxylation sites is 1. The van der Waals surface area contributed by atoms with E-state index in [2.05, 4.69) is 50.6 Å². The Morgan fingerprint density at radius 2 is 2.16 bits per heavy atom. The predicted octanol–water partition coefficient (Wildman–Crippen LogP) is 3.69. The van der Waals surface area contributed by atoms with Crippen molar-refractivity contribution in [2.24, 2.45) is 18.1 Å². The van der Waals surface area contributed by atoms with Crippen LogP contribution in [0, 0.1) is 12.8 Å². The van der Waals surface area contributed by atoms with Gasteiger partial charge in [0.1, 0.15) is 12.4 Å². The number of nitrogens with zero attached hydrogens (tertiary/aromatic N) is 4. The van der Waals surface area contributed by atoms with E-state index >= 15 is 0 Å². The van der Waals surface area contributed by atoms with E-state index in [9.17, 15) is 0 Å². The molecule has 130 valence electrons. The Morgan fingerprint density at radius 1 is 1.32 bits per heavy atom. The van der Waals surface area contributed by atoms with Crippen molar-refractivity contribution >= 4 is 16.6 Å². The summed E-state index contributed by atoms with van der Waals surface area (Å²) in [5, 5.41) is 5.84. The minimum Gasteiger partial charge on any atom is -0.396 e. The quantitative estimate of drug-likeness (QED) is 0.682. The number of imidazole rings is 1. The van der Waals surface area contributed by atoms with Crippen LogP contribution in [0.5, 0.6) is 0 Å². The van der Waals surface area contributed by atoms with Crippen molar-refractivity contribution < 1.29 is 4.84 Å². The first-order valence-corrected chi connectivity index (χ1v) is 8.95. The van der Waals surface area contributed by atoms with Crippen LogP contribution in [0.15, 0.2) is 41.8 Å². The number of hydrogen-bond acceptors (Lipinski definition) is 3. The summed E-state index contributed by atoms with van der Waals surface area (Å²) >= 11 is 0. The lowest BCUT2D eigenvalue weighted by Crippen LogP contribution is -2.28. The van der Waals surface area contributed by atoms with Crippen molar-refractivity contribution in [3.63, 3.8) is 0 Å². The summed E-state index contributed by atoms with van der Waals surface area (Å²) in [6, 6.07) is 8.57. The van der Waals surface area contributed by atoms with E-state index in [4.69, 9.17) is 4.84 Å². The Balaban J connectivity index is 1.82. The van der Waals surface area contributed by atoms with Crippen molar-refractivity contribution in [2.45, 2.75) is 33.2 Å². The average molecular weight is 336 g/mol. The van der Waals surface area contributed by atoms with E-state index in [0.717, 1.165) is 30.9 Å². The molecule has 0 amide bonds. The number of oxime groups is 1. The molecule has 2 aromatic heterocycles. The van der Waals surface area contributed by atoms with Crippen LogP contribution in [0.1, 0.15) is 30.4 Å². The highest BCUT2D eigenvalue weighted by atomic mass is 16.6. The SMILES string of the molecule is CCO/N=C1/c2c(n(C)c3ccccc23)CCC1Cn1ccnc1C. The first-order valence-electron chi connectivity index (χ1n) is 8.95. The molecule has 1 aliphatic rings. The lowest BCUT2D eigenvalue weighted by Gasteiger charge is -2.26. The molecule has 1 unspecified atom stereocenters. The van der Waals surface area contributed by atoms with Gasteiger partial charge in [-0.05, 0) is 32.8 Å². The van der Waals surface area contributed by atoms with Crippen molar-refractivity contribution in [2.75, 3.05) is 6.61 Å². The molecular formula is C20H24N4O. The van der Waals surface area contributed by atoms with Gasteiger partial charge in [0.2, 0.25) is 0 Å². The second-order valence-electron chi connectivity index (χ2n) is 6.65. The molecule has 0 fully saturated rings. The summed E-state index contributed by atoms with van der Waals surface area (Å²) in [6.45, 7) is 5.50. The number of aromatic nitrogens is 3. The van der Waals surface area contributed by atoms with Crippen LogP contribution >= 0.6 is 0 Å². The van der Waals surface area contributed by atoms with Gasteiger partial charge in [-0.25, -0.2) is 4.98 Å². The van der Waals surface area contributed by atoms with Gasteiger partial charge in [-0.3, -0.25) is 0 Å². The van der Waals surface area contributed by atoms with E-state index in [-0.39, 0.29) is 0 Å². The number of aryl methyl sites for hydroxylation is 2. The number of benzene rings is 1. The zero-order chi connectivity index (χ0) is 17.4. The second kappa shape index (κ2) is 6.39. The van der Waals surface area contributed by atoms with Gasteiger partial charge in [-0.2, -0.15) is 0 Å². The molecule has 3 aromatic rings. The predicted molar refractivity (Wildman–Crippen MR) is 99.9 cm³/mol. The molecule has 0 saturated carbocycles. The van der Waals surface area contributed by atoms with Gasteiger partial charge < -0.3 is 14.0 Å². The molecule has 1 aliphatic carbocycles. The minimum atomic E-state index is 0.331. The van der Waals surface area contributed by atoms with E-state index in [0.29, 0.717) is 12.5 Å². The second-order valence-corrected chi connectivity index (χ2v) is 6.65. The normalized spacial score (nSPS) is 18.7. The van der Waals surface area contributed by atoms with Crippen LogP contribution in [0.3, 0.4) is 0 Å². The maximum atomic E-state index is 5.52. The topological polar surface area (TPSA) is 44.3 Å². The molecule has 2 heterocycles. The zero-order valence-corrected chi connectivity index (χ0v) is 15.1. The molecule has 5 nitrogen and oxygen atoms in total. The first-order chi connectivity index (χ1) is 12.2. The fourth-order valence-electron chi connectivity index (χ4n) is 3.94. The van der Waals surface area contributed by atoms with E-state index in [1.807, 2.05) is 26.2 Å². The van der Waals surface area contributed by atoms with E-state index in [1.165, 1.54) is 22.2 Å². The Kier molecular flexibility index (Phi) is 4.07. The highest BCUT2D eigenvalue weighted by Gasteiger charge is 2.31. The number of fused-ring (bicyclic) bond motifs is 3. The lowest BCUT2D eigenvalue weighted by atomic mass is 9.84. The first kappa shape index (κ1) is 15.9. The third-order valence-corrected chi connectivity index (χ3v) is 5.23. The summed E-state index contributed by atoms with van der Waals surface area (Å²) in [6.07, 6.45) is 6.04. The van der Waals surface area contributed by atoms with Crippen LogP contribution < -0.4 is 0 Å². The van der Waals surface area contributed by atoms with Crippen LogP contribution in [-0.2, 0) is 24.9 Å². The molecule has 0 saturated heterocycles. The summed E-state index contributed by atoms with van der Waals surface area (Å²) in [7, 11) is 2.15. The van der Waals surface area contributed by atoms with Crippen molar-refractivity contribution in [3.8, 4) is 0 Å². The van der Waals surface area contributed by atoms with Gasteiger partial charge in [-0.15, -0.1) is 0 Å². The van der Waals surface area contributed by atoms with E-state index in [1.54, 1.807) is 0 Å². The van der Waals surface area contributed by atoms with Gasteiger partial charge in [-0.1, -0.05) is 23.4 Å².